The molecule has 184 valence electrons. The molecule has 2 aliphatic rings. The molecule has 2 aromatic heterocycles. The molecule has 8 heteroatoms. The highest BCUT2D eigenvalue weighted by atomic mass is 32.2. The summed E-state index contributed by atoms with van der Waals surface area (Å²) in [5.41, 5.74) is 5.16. The Morgan fingerprint density at radius 3 is 2.65 bits per heavy atom. The van der Waals surface area contributed by atoms with Gasteiger partial charge in [-0.15, -0.1) is 0 Å². The van der Waals surface area contributed by atoms with Crippen molar-refractivity contribution in [2.45, 2.75) is 26.3 Å². The first-order valence-corrected chi connectivity index (χ1v) is 13.4. The highest BCUT2D eigenvalue weighted by Gasteiger charge is 2.33. The molecule has 4 aromatic rings. The van der Waals surface area contributed by atoms with E-state index < -0.39 is 0 Å². The molecule has 1 fully saturated rings. The second-order valence-electron chi connectivity index (χ2n) is 9.22. The van der Waals surface area contributed by atoms with Gasteiger partial charge in [-0.3, -0.25) is 18.9 Å². The maximum absolute atomic E-state index is 13.8. The van der Waals surface area contributed by atoms with Crippen LogP contribution in [0.5, 0.6) is 0 Å². The minimum Gasteiger partial charge on any atom is -0.325 e. The molecule has 0 unspecified atom stereocenters. The molecular weight excluding hydrogens is 500 g/mol. The average molecular weight is 525 g/mol. The number of fused-ring (bicyclic) bond motifs is 2. The summed E-state index contributed by atoms with van der Waals surface area (Å²) in [4.78, 5) is 36.3. The van der Waals surface area contributed by atoms with Crippen molar-refractivity contribution in [3.8, 4) is 0 Å². The zero-order valence-electron chi connectivity index (χ0n) is 20.3. The lowest BCUT2D eigenvalue weighted by molar-refractivity contribution is -0.122. The Morgan fingerprint density at radius 2 is 1.81 bits per heavy atom. The zero-order valence-corrected chi connectivity index (χ0v) is 21.9. The zero-order chi connectivity index (χ0) is 25.5. The van der Waals surface area contributed by atoms with Gasteiger partial charge in [-0.05, 0) is 55.2 Å². The maximum atomic E-state index is 13.8. The van der Waals surface area contributed by atoms with Gasteiger partial charge in [0, 0.05) is 18.4 Å². The number of hydrogen-bond donors (Lipinski definition) is 0. The van der Waals surface area contributed by atoms with E-state index in [1.807, 2.05) is 55.5 Å². The van der Waals surface area contributed by atoms with E-state index in [9.17, 15) is 9.59 Å². The van der Waals surface area contributed by atoms with Gasteiger partial charge in [0.2, 0.25) is 0 Å². The Bertz CT molecular complexity index is 1640. The molecule has 0 atom stereocenters. The summed E-state index contributed by atoms with van der Waals surface area (Å²) < 4.78 is 2.01. The SMILES string of the molecule is Cc1ccc(CN2C(=O)C(=Cc3c(N4CCCc5ccccc54)nc4ccccn4c3=O)SC2=S)cc1. The van der Waals surface area contributed by atoms with Crippen LogP contribution in [0.3, 0.4) is 0 Å². The quantitative estimate of drug-likeness (QED) is 0.260. The Labute approximate surface area is 224 Å². The van der Waals surface area contributed by atoms with E-state index in [1.165, 1.54) is 21.7 Å². The van der Waals surface area contributed by atoms with Crippen molar-refractivity contribution in [1.82, 2.24) is 14.3 Å². The van der Waals surface area contributed by atoms with Gasteiger partial charge in [-0.25, -0.2) is 4.98 Å². The van der Waals surface area contributed by atoms with E-state index in [4.69, 9.17) is 17.2 Å². The van der Waals surface area contributed by atoms with Gasteiger partial charge in [-0.1, -0.05) is 78.1 Å². The highest BCUT2D eigenvalue weighted by molar-refractivity contribution is 8.26. The minimum absolute atomic E-state index is 0.196. The molecular formula is C29H24N4O2S2. The fourth-order valence-electron chi connectivity index (χ4n) is 4.82. The molecule has 37 heavy (non-hydrogen) atoms. The van der Waals surface area contributed by atoms with Crippen molar-refractivity contribution < 1.29 is 4.79 Å². The Morgan fingerprint density at radius 1 is 1.03 bits per heavy atom. The average Bonchev–Trinajstić information content (AvgIpc) is 3.18. The molecule has 1 amide bonds. The minimum atomic E-state index is -0.215. The van der Waals surface area contributed by atoms with Crippen molar-refractivity contribution in [1.29, 1.82) is 0 Å². The van der Waals surface area contributed by atoms with E-state index in [1.54, 1.807) is 23.2 Å². The van der Waals surface area contributed by atoms with Crippen molar-refractivity contribution in [2.24, 2.45) is 0 Å². The molecule has 6 rings (SSSR count). The lowest BCUT2D eigenvalue weighted by atomic mass is 10.0. The Hall–Kier alpha value is -3.75. The fourth-order valence-corrected chi connectivity index (χ4v) is 6.06. The molecule has 4 heterocycles. The number of aromatic nitrogens is 2. The molecule has 0 radical (unpaired) electrons. The van der Waals surface area contributed by atoms with Crippen LogP contribution < -0.4 is 10.5 Å². The monoisotopic (exact) mass is 524 g/mol. The summed E-state index contributed by atoms with van der Waals surface area (Å²) in [5.74, 6) is 0.366. The first-order chi connectivity index (χ1) is 18.0. The molecule has 0 spiro atoms. The summed E-state index contributed by atoms with van der Waals surface area (Å²) >= 11 is 6.80. The van der Waals surface area contributed by atoms with Crippen LogP contribution in [0.1, 0.15) is 28.7 Å². The number of thioether (sulfide) groups is 1. The lowest BCUT2D eigenvalue weighted by Crippen LogP contribution is -2.30. The molecule has 0 N–H and O–H groups in total. The number of thiocarbonyl (C=S) groups is 1. The predicted molar refractivity (Wildman–Crippen MR) is 153 cm³/mol. The molecule has 6 nitrogen and oxygen atoms in total. The molecule has 1 saturated heterocycles. The molecule has 0 aliphatic carbocycles. The number of amides is 1. The number of hydrogen-bond acceptors (Lipinski definition) is 6. The second-order valence-corrected chi connectivity index (χ2v) is 10.9. The molecule has 2 aliphatic heterocycles. The van der Waals surface area contributed by atoms with E-state index in [0.29, 0.717) is 32.8 Å². The van der Waals surface area contributed by atoms with Gasteiger partial charge in [0.15, 0.2) is 0 Å². The first kappa shape index (κ1) is 23.6. The van der Waals surface area contributed by atoms with Crippen molar-refractivity contribution >= 4 is 57.4 Å². The number of benzene rings is 2. The van der Waals surface area contributed by atoms with Gasteiger partial charge >= 0.3 is 0 Å². The van der Waals surface area contributed by atoms with Gasteiger partial charge < -0.3 is 4.90 Å². The molecule has 2 aromatic carbocycles. The summed E-state index contributed by atoms with van der Waals surface area (Å²) in [6.07, 6.45) is 5.31. The third kappa shape index (κ3) is 4.36. The third-order valence-electron chi connectivity index (χ3n) is 6.73. The third-order valence-corrected chi connectivity index (χ3v) is 8.10. The summed E-state index contributed by atoms with van der Waals surface area (Å²) in [6, 6.07) is 21.8. The van der Waals surface area contributed by atoms with E-state index in [0.717, 1.165) is 36.2 Å². The normalized spacial score (nSPS) is 16.6. The summed E-state index contributed by atoms with van der Waals surface area (Å²) in [5, 5.41) is 0. The van der Waals surface area contributed by atoms with Gasteiger partial charge in [0.25, 0.3) is 11.5 Å². The van der Waals surface area contributed by atoms with Crippen molar-refractivity contribution in [2.75, 3.05) is 11.4 Å². The van der Waals surface area contributed by atoms with Crippen LogP contribution in [0.15, 0.2) is 82.6 Å². The predicted octanol–water partition coefficient (Wildman–Crippen LogP) is 5.49. The van der Waals surface area contributed by atoms with E-state index in [2.05, 4.69) is 17.0 Å². The number of carbonyl (C=O) groups excluding carboxylic acids is 1. The Kier molecular flexibility index (Phi) is 6.14. The standard InChI is InChI=1S/C29H24N4O2S2/c1-19-11-13-20(14-12-19)18-33-28(35)24(37-29(33)36)17-22-26(30-25-10-4-5-15-32(25)27(22)34)31-16-6-8-21-7-2-3-9-23(21)31/h2-5,7,9-15,17H,6,8,16,18H2,1H3. The van der Waals surface area contributed by atoms with Crippen LogP contribution in [0, 0.1) is 6.92 Å². The first-order valence-electron chi connectivity index (χ1n) is 12.2. The summed E-state index contributed by atoms with van der Waals surface area (Å²) in [6.45, 7) is 3.16. The van der Waals surface area contributed by atoms with Crippen molar-refractivity contribution in [3.63, 3.8) is 0 Å². The summed E-state index contributed by atoms with van der Waals surface area (Å²) in [7, 11) is 0. The fraction of sp³-hybridized carbons (Fsp3) is 0.172. The largest absolute Gasteiger partial charge is 0.325 e. The smallest absolute Gasteiger partial charge is 0.267 e. The van der Waals surface area contributed by atoms with Crippen LogP contribution in [0.4, 0.5) is 11.5 Å². The number of nitrogens with zero attached hydrogens (tertiary/aromatic N) is 4. The van der Waals surface area contributed by atoms with E-state index >= 15 is 0 Å². The molecule has 0 bridgehead atoms. The number of aryl methyl sites for hydroxylation is 2. The van der Waals surface area contributed by atoms with Gasteiger partial charge in [0.05, 0.1) is 17.0 Å². The van der Waals surface area contributed by atoms with Crippen LogP contribution >= 0.6 is 24.0 Å². The number of anilines is 2. The Balaban J connectivity index is 1.45. The number of pyridine rings is 1. The number of para-hydroxylation sites is 1. The van der Waals surface area contributed by atoms with Gasteiger partial charge in [-0.2, -0.15) is 0 Å². The van der Waals surface area contributed by atoms with Crippen LogP contribution in [-0.4, -0.2) is 31.1 Å². The number of carbonyl (C=O) groups is 1. The molecule has 0 saturated carbocycles. The second kappa shape index (κ2) is 9.61. The maximum Gasteiger partial charge on any atom is 0.267 e. The lowest BCUT2D eigenvalue weighted by Gasteiger charge is -2.31. The van der Waals surface area contributed by atoms with Crippen LogP contribution in [-0.2, 0) is 17.8 Å². The topological polar surface area (TPSA) is 57.9 Å². The number of rotatable bonds is 4. The van der Waals surface area contributed by atoms with Gasteiger partial charge in [0.1, 0.15) is 15.8 Å². The van der Waals surface area contributed by atoms with Crippen LogP contribution in [0.2, 0.25) is 0 Å². The van der Waals surface area contributed by atoms with E-state index in [-0.39, 0.29) is 11.5 Å². The highest BCUT2D eigenvalue weighted by Crippen LogP contribution is 2.37. The van der Waals surface area contributed by atoms with Crippen molar-refractivity contribution in [3.05, 3.63) is 110 Å². The van der Waals surface area contributed by atoms with Crippen LogP contribution in [0.25, 0.3) is 11.7 Å².